The highest BCUT2D eigenvalue weighted by Crippen LogP contribution is 2.18. The highest BCUT2D eigenvalue weighted by atomic mass is 16.6. The number of hydrogen-bond donors (Lipinski definition) is 0. The van der Waals surface area contributed by atoms with Gasteiger partial charge >= 0.3 is 17.9 Å². The van der Waals surface area contributed by atoms with Gasteiger partial charge in [-0.25, -0.2) is 0 Å². The number of carbonyl (C=O) groups is 3. The molecular weight excluding hydrogens is 1010 g/mol. The van der Waals surface area contributed by atoms with Gasteiger partial charge in [-0.15, -0.1) is 0 Å². The number of rotatable bonds is 64. The van der Waals surface area contributed by atoms with Gasteiger partial charge in [0.15, 0.2) is 6.10 Å². The molecule has 0 rings (SSSR count). The van der Waals surface area contributed by atoms with Crippen molar-refractivity contribution in [3.8, 4) is 0 Å². The van der Waals surface area contributed by atoms with Crippen molar-refractivity contribution in [2.45, 2.75) is 354 Å². The second kappa shape index (κ2) is 69.8. The van der Waals surface area contributed by atoms with Crippen LogP contribution in [0.2, 0.25) is 0 Å². The van der Waals surface area contributed by atoms with Crippen LogP contribution in [0.25, 0.3) is 0 Å². The second-order valence-corrected chi connectivity index (χ2v) is 23.4. The highest BCUT2D eigenvalue weighted by Gasteiger charge is 2.19. The Morgan fingerprint density at radius 2 is 0.476 bits per heavy atom. The molecule has 0 radical (unpaired) electrons. The Labute approximate surface area is 508 Å². The van der Waals surface area contributed by atoms with Gasteiger partial charge in [0.25, 0.3) is 0 Å². The maximum absolute atomic E-state index is 12.9. The summed E-state index contributed by atoms with van der Waals surface area (Å²) in [6.45, 7) is 6.55. The lowest BCUT2D eigenvalue weighted by atomic mass is 10.0. The normalized spacial score (nSPS) is 12.7. The minimum Gasteiger partial charge on any atom is -0.462 e. The van der Waals surface area contributed by atoms with E-state index in [1.807, 2.05) is 0 Å². The second-order valence-electron chi connectivity index (χ2n) is 23.4. The molecule has 0 aromatic rings. The molecule has 0 aliphatic rings. The number of allylic oxidation sites excluding steroid dienone is 16. The molecule has 0 aromatic carbocycles. The summed E-state index contributed by atoms with van der Waals surface area (Å²) in [6.07, 6.45) is 94.4. The molecule has 0 aliphatic heterocycles. The van der Waals surface area contributed by atoms with E-state index in [0.29, 0.717) is 19.3 Å². The summed E-state index contributed by atoms with van der Waals surface area (Å²) in [4.78, 5) is 38.3. The van der Waals surface area contributed by atoms with Gasteiger partial charge in [-0.1, -0.05) is 343 Å². The van der Waals surface area contributed by atoms with Crippen LogP contribution in [-0.4, -0.2) is 37.2 Å². The fraction of sp³-hybridized carbons (Fsp3) is 0.750. The molecule has 0 fully saturated rings. The smallest absolute Gasteiger partial charge is 0.306 e. The molecule has 0 aliphatic carbocycles. The fourth-order valence-electron chi connectivity index (χ4n) is 10.1. The van der Waals surface area contributed by atoms with Crippen LogP contribution in [0, 0.1) is 0 Å². The van der Waals surface area contributed by atoms with E-state index in [2.05, 4.69) is 118 Å². The van der Waals surface area contributed by atoms with Crippen LogP contribution in [0.5, 0.6) is 0 Å². The van der Waals surface area contributed by atoms with Crippen LogP contribution in [0.4, 0.5) is 0 Å². The quantitative estimate of drug-likeness (QED) is 0.0261. The van der Waals surface area contributed by atoms with Crippen LogP contribution in [0.1, 0.15) is 348 Å². The first-order chi connectivity index (χ1) is 40.5. The van der Waals surface area contributed by atoms with Crippen LogP contribution in [0.15, 0.2) is 97.2 Å². The van der Waals surface area contributed by atoms with Crippen molar-refractivity contribution in [3.63, 3.8) is 0 Å². The topological polar surface area (TPSA) is 78.9 Å². The summed E-state index contributed by atoms with van der Waals surface area (Å²) in [7, 11) is 0. The zero-order valence-electron chi connectivity index (χ0n) is 54.2. The fourth-order valence-corrected chi connectivity index (χ4v) is 10.1. The van der Waals surface area contributed by atoms with Gasteiger partial charge in [-0.2, -0.15) is 0 Å². The van der Waals surface area contributed by atoms with E-state index in [1.54, 1.807) is 0 Å². The highest BCUT2D eigenvalue weighted by molar-refractivity contribution is 5.71. The largest absolute Gasteiger partial charge is 0.462 e. The molecule has 472 valence electrons. The van der Waals surface area contributed by atoms with Crippen molar-refractivity contribution in [1.29, 1.82) is 0 Å². The molecule has 6 heteroatoms. The summed E-state index contributed by atoms with van der Waals surface area (Å²) in [6, 6.07) is 0. The molecule has 82 heavy (non-hydrogen) atoms. The molecule has 0 spiro atoms. The number of esters is 3. The first-order valence-corrected chi connectivity index (χ1v) is 35.2. The predicted octanol–water partition coefficient (Wildman–Crippen LogP) is 24.4. The van der Waals surface area contributed by atoms with E-state index in [9.17, 15) is 14.4 Å². The maximum Gasteiger partial charge on any atom is 0.306 e. The van der Waals surface area contributed by atoms with Gasteiger partial charge < -0.3 is 14.2 Å². The molecule has 0 amide bonds. The third-order valence-electron chi connectivity index (χ3n) is 15.4. The van der Waals surface area contributed by atoms with Gasteiger partial charge in [0.05, 0.1) is 0 Å². The summed E-state index contributed by atoms with van der Waals surface area (Å²) < 4.78 is 16.9. The Bertz CT molecular complexity index is 1590. The molecule has 0 bridgehead atoms. The molecule has 0 N–H and O–H groups in total. The van der Waals surface area contributed by atoms with Gasteiger partial charge in [-0.05, 0) is 83.5 Å². The standard InChI is InChI=1S/C76H132O6/c1-4-7-10-13-16-19-21-23-25-27-29-31-33-34-35-36-37-38-39-40-41-42-43-45-46-48-50-52-54-57-60-63-66-69-75(78)81-72-73(71-80-74(77)68-65-62-59-56-18-15-12-9-6-3)82-76(79)70-67-64-61-58-55-53-51-49-47-44-32-30-28-26-24-22-20-17-14-11-8-5-2/h7,10,16,19,23,25,29,31,34-35,37-38,40-41,43,45,73H,4-6,8-9,11-15,17-18,20-22,24,26-28,30,32-33,36,39,42,44,46-72H2,1-3H3/b10-7-,19-16-,25-23-,31-29-,35-34-,38-37-,41-40-,45-43-. The number of carbonyl (C=O) groups excluding carboxylic acids is 3. The molecule has 0 aromatic heterocycles. The molecule has 6 nitrogen and oxygen atoms in total. The summed E-state index contributed by atoms with van der Waals surface area (Å²) in [5, 5.41) is 0. The first-order valence-electron chi connectivity index (χ1n) is 35.2. The van der Waals surface area contributed by atoms with Crippen molar-refractivity contribution < 1.29 is 28.6 Å². The summed E-state index contributed by atoms with van der Waals surface area (Å²) in [5.74, 6) is -0.869. The zero-order chi connectivity index (χ0) is 59.2. The van der Waals surface area contributed by atoms with Crippen LogP contribution in [0.3, 0.4) is 0 Å². The molecule has 1 unspecified atom stereocenters. The molecule has 1 atom stereocenters. The SMILES string of the molecule is CC/C=C\C/C=C\C/C=C\C/C=C\C/C=C\C/C=C\C/C=C\C/C=C\CCCCCCCCCCC(=O)OCC(COC(=O)CCCCCCCCCCC)OC(=O)CCCCCCCCCCCCCCCCCCCCCCCC. The van der Waals surface area contributed by atoms with Gasteiger partial charge in [0.1, 0.15) is 13.2 Å². The third-order valence-corrected chi connectivity index (χ3v) is 15.4. The Hall–Kier alpha value is -3.67. The lowest BCUT2D eigenvalue weighted by molar-refractivity contribution is -0.167. The average molecular weight is 1140 g/mol. The minimum absolute atomic E-state index is 0.0748. The monoisotopic (exact) mass is 1140 g/mol. The van der Waals surface area contributed by atoms with Crippen molar-refractivity contribution in [2.24, 2.45) is 0 Å². The average Bonchev–Trinajstić information content (AvgIpc) is 3.48. The predicted molar refractivity (Wildman–Crippen MR) is 357 cm³/mol. The van der Waals surface area contributed by atoms with Crippen molar-refractivity contribution >= 4 is 17.9 Å². The Morgan fingerprint density at radius 3 is 0.744 bits per heavy atom. The van der Waals surface area contributed by atoms with E-state index >= 15 is 0 Å². The lowest BCUT2D eigenvalue weighted by Crippen LogP contribution is -2.30. The number of unbranched alkanes of at least 4 members (excludes halogenated alkanes) is 37. The van der Waals surface area contributed by atoms with Crippen LogP contribution >= 0.6 is 0 Å². The zero-order valence-corrected chi connectivity index (χ0v) is 54.2. The summed E-state index contributed by atoms with van der Waals surface area (Å²) in [5.41, 5.74) is 0. The Morgan fingerprint density at radius 1 is 0.256 bits per heavy atom. The van der Waals surface area contributed by atoms with E-state index in [1.165, 1.54) is 193 Å². The molecular formula is C76H132O6. The van der Waals surface area contributed by atoms with Gasteiger partial charge in [0, 0.05) is 19.3 Å². The van der Waals surface area contributed by atoms with E-state index in [4.69, 9.17) is 14.2 Å². The van der Waals surface area contributed by atoms with E-state index in [0.717, 1.165) is 116 Å². The van der Waals surface area contributed by atoms with Crippen molar-refractivity contribution in [1.82, 2.24) is 0 Å². The Kier molecular flexibility index (Phi) is 66.7. The Balaban J connectivity index is 4.17. The minimum atomic E-state index is -0.778. The molecule has 0 heterocycles. The van der Waals surface area contributed by atoms with Crippen molar-refractivity contribution in [2.75, 3.05) is 13.2 Å². The number of hydrogen-bond acceptors (Lipinski definition) is 6. The van der Waals surface area contributed by atoms with Gasteiger partial charge in [-0.3, -0.25) is 14.4 Å². The lowest BCUT2D eigenvalue weighted by Gasteiger charge is -2.18. The van der Waals surface area contributed by atoms with Crippen LogP contribution < -0.4 is 0 Å². The van der Waals surface area contributed by atoms with Gasteiger partial charge in [0.2, 0.25) is 0 Å². The first kappa shape index (κ1) is 78.3. The van der Waals surface area contributed by atoms with E-state index < -0.39 is 6.10 Å². The third kappa shape index (κ3) is 67.1. The van der Waals surface area contributed by atoms with Crippen molar-refractivity contribution in [3.05, 3.63) is 97.2 Å². The molecule has 0 saturated heterocycles. The van der Waals surface area contributed by atoms with E-state index in [-0.39, 0.29) is 31.1 Å². The number of ether oxygens (including phenoxy) is 3. The molecule has 0 saturated carbocycles. The summed E-state index contributed by atoms with van der Waals surface area (Å²) >= 11 is 0. The maximum atomic E-state index is 12.9. The van der Waals surface area contributed by atoms with Crippen LogP contribution in [-0.2, 0) is 28.6 Å².